The molecule has 0 saturated heterocycles. The van der Waals surface area contributed by atoms with Gasteiger partial charge in [-0.05, 0) is 42.7 Å². The van der Waals surface area contributed by atoms with Gasteiger partial charge in [0.25, 0.3) is 0 Å². The fraction of sp³-hybridized carbons (Fsp3) is 0.273. The van der Waals surface area contributed by atoms with Crippen molar-refractivity contribution in [3.8, 4) is 0 Å². The first-order valence-electron chi connectivity index (χ1n) is 9.31. The van der Waals surface area contributed by atoms with E-state index in [-0.39, 0.29) is 24.9 Å². The Morgan fingerprint density at radius 2 is 1.97 bits per heavy atom. The molecule has 0 radical (unpaired) electrons. The molecule has 3 rings (SSSR count). The molecule has 5 nitrogen and oxygen atoms in total. The number of amides is 1. The Labute approximate surface area is 174 Å². The smallest absolute Gasteiger partial charge is 0.240 e. The fourth-order valence-corrected chi connectivity index (χ4v) is 3.96. The summed E-state index contributed by atoms with van der Waals surface area (Å²) in [6, 6.07) is 12.3. The standard InChI is InChI=1S/C22H24FN3O2S/c1-15-3-4-16(2)18(9-15)14-29-22-25-11-20(13-27)26(22)12-21(28)24-10-17-5-7-19(23)8-6-17/h3-9,11,27H,10,12-14H2,1-2H3,(H,24,28). The van der Waals surface area contributed by atoms with Crippen molar-refractivity contribution in [3.63, 3.8) is 0 Å². The molecule has 0 bridgehead atoms. The van der Waals surface area contributed by atoms with Gasteiger partial charge in [-0.25, -0.2) is 9.37 Å². The predicted molar refractivity (Wildman–Crippen MR) is 112 cm³/mol. The quantitative estimate of drug-likeness (QED) is 0.552. The number of thioether (sulfide) groups is 1. The summed E-state index contributed by atoms with van der Waals surface area (Å²) < 4.78 is 14.7. The lowest BCUT2D eigenvalue weighted by Gasteiger charge is -2.12. The predicted octanol–water partition coefficient (Wildman–Crippen LogP) is 3.74. The lowest BCUT2D eigenvalue weighted by Crippen LogP contribution is -2.28. The number of rotatable bonds is 8. The third-order valence-electron chi connectivity index (χ3n) is 4.63. The number of aromatic nitrogens is 2. The molecule has 0 aliphatic rings. The first-order valence-corrected chi connectivity index (χ1v) is 10.3. The average Bonchev–Trinajstić information content (AvgIpc) is 3.09. The van der Waals surface area contributed by atoms with E-state index in [1.807, 2.05) is 0 Å². The van der Waals surface area contributed by atoms with Crippen LogP contribution in [-0.4, -0.2) is 20.6 Å². The van der Waals surface area contributed by atoms with Crippen molar-refractivity contribution in [2.45, 2.75) is 44.5 Å². The molecule has 2 aromatic carbocycles. The van der Waals surface area contributed by atoms with E-state index in [1.165, 1.54) is 40.6 Å². The molecule has 0 fully saturated rings. The second kappa shape index (κ2) is 9.71. The van der Waals surface area contributed by atoms with Gasteiger partial charge in [0.2, 0.25) is 5.91 Å². The third kappa shape index (κ3) is 5.68. The highest BCUT2D eigenvalue weighted by molar-refractivity contribution is 7.98. The Morgan fingerprint density at radius 3 is 2.69 bits per heavy atom. The molecule has 7 heteroatoms. The topological polar surface area (TPSA) is 67.2 Å². The van der Waals surface area contributed by atoms with Crippen molar-refractivity contribution in [3.05, 3.63) is 82.4 Å². The van der Waals surface area contributed by atoms with Gasteiger partial charge in [-0.15, -0.1) is 0 Å². The molecule has 0 saturated carbocycles. The van der Waals surface area contributed by atoms with Gasteiger partial charge in [-0.3, -0.25) is 4.79 Å². The van der Waals surface area contributed by atoms with E-state index in [1.54, 1.807) is 22.9 Å². The largest absolute Gasteiger partial charge is 0.390 e. The lowest BCUT2D eigenvalue weighted by molar-refractivity contribution is -0.122. The number of nitrogens with one attached hydrogen (secondary N) is 1. The molecule has 0 aliphatic carbocycles. The van der Waals surface area contributed by atoms with Crippen LogP contribution in [0.15, 0.2) is 53.8 Å². The van der Waals surface area contributed by atoms with E-state index in [0.29, 0.717) is 17.4 Å². The highest BCUT2D eigenvalue weighted by atomic mass is 32.2. The van der Waals surface area contributed by atoms with Crippen LogP contribution in [-0.2, 0) is 30.2 Å². The van der Waals surface area contributed by atoms with E-state index in [2.05, 4.69) is 42.3 Å². The fourth-order valence-electron chi connectivity index (χ4n) is 2.90. The summed E-state index contributed by atoms with van der Waals surface area (Å²) in [6.07, 6.45) is 1.60. The molecule has 1 aromatic heterocycles. The molecule has 0 unspecified atom stereocenters. The second-order valence-electron chi connectivity index (χ2n) is 6.90. The van der Waals surface area contributed by atoms with E-state index >= 15 is 0 Å². The molecule has 3 aromatic rings. The van der Waals surface area contributed by atoms with Crippen LogP contribution in [0.1, 0.15) is 27.9 Å². The zero-order valence-electron chi connectivity index (χ0n) is 16.5. The Bertz CT molecular complexity index is 986. The number of halogens is 1. The number of aliphatic hydroxyl groups is 1. The first kappa shape index (κ1) is 21.1. The van der Waals surface area contributed by atoms with Gasteiger partial charge in [0.15, 0.2) is 5.16 Å². The van der Waals surface area contributed by atoms with Crippen LogP contribution in [0.2, 0.25) is 0 Å². The number of hydrogen-bond donors (Lipinski definition) is 2. The van der Waals surface area contributed by atoms with Crippen LogP contribution < -0.4 is 5.32 Å². The summed E-state index contributed by atoms with van der Waals surface area (Å²) in [7, 11) is 0. The monoisotopic (exact) mass is 413 g/mol. The van der Waals surface area contributed by atoms with Crippen molar-refractivity contribution in [2.75, 3.05) is 0 Å². The van der Waals surface area contributed by atoms with E-state index < -0.39 is 0 Å². The number of benzene rings is 2. The molecular weight excluding hydrogens is 389 g/mol. The van der Waals surface area contributed by atoms with Crippen LogP contribution in [0.3, 0.4) is 0 Å². The van der Waals surface area contributed by atoms with E-state index in [9.17, 15) is 14.3 Å². The van der Waals surface area contributed by atoms with Crippen LogP contribution in [0.5, 0.6) is 0 Å². The maximum Gasteiger partial charge on any atom is 0.240 e. The molecule has 0 atom stereocenters. The van der Waals surface area contributed by atoms with Crippen molar-refractivity contribution in [1.29, 1.82) is 0 Å². The molecule has 1 heterocycles. The lowest BCUT2D eigenvalue weighted by atomic mass is 10.1. The zero-order chi connectivity index (χ0) is 20.8. The van der Waals surface area contributed by atoms with E-state index in [0.717, 1.165) is 11.3 Å². The number of hydrogen-bond acceptors (Lipinski definition) is 4. The van der Waals surface area contributed by atoms with E-state index in [4.69, 9.17) is 0 Å². The summed E-state index contributed by atoms with van der Waals surface area (Å²) in [5.41, 5.74) is 5.03. The summed E-state index contributed by atoms with van der Waals surface area (Å²) in [5, 5.41) is 13.1. The summed E-state index contributed by atoms with van der Waals surface area (Å²) in [6.45, 7) is 4.31. The van der Waals surface area contributed by atoms with Crippen LogP contribution in [0.4, 0.5) is 4.39 Å². The molecule has 0 spiro atoms. The Balaban J connectivity index is 1.65. The Hall–Kier alpha value is -2.64. The minimum absolute atomic E-state index is 0.0617. The summed E-state index contributed by atoms with van der Waals surface area (Å²) in [4.78, 5) is 16.8. The molecule has 1 amide bonds. The number of carbonyl (C=O) groups is 1. The summed E-state index contributed by atoms with van der Waals surface area (Å²) in [5.74, 6) is 0.222. The SMILES string of the molecule is Cc1ccc(C)c(CSc2ncc(CO)n2CC(=O)NCc2ccc(F)cc2)c1. The Morgan fingerprint density at radius 1 is 1.21 bits per heavy atom. The number of aryl methyl sites for hydroxylation is 2. The van der Waals surface area contributed by atoms with Crippen molar-refractivity contribution in [1.82, 2.24) is 14.9 Å². The molecule has 29 heavy (non-hydrogen) atoms. The van der Waals surface area contributed by atoms with Gasteiger partial charge in [-0.1, -0.05) is 47.7 Å². The highest BCUT2D eigenvalue weighted by Gasteiger charge is 2.14. The summed E-state index contributed by atoms with van der Waals surface area (Å²) >= 11 is 1.54. The van der Waals surface area contributed by atoms with Crippen molar-refractivity contribution >= 4 is 17.7 Å². The maximum atomic E-state index is 13.0. The van der Waals surface area contributed by atoms with Gasteiger partial charge >= 0.3 is 0 Å². The first-order chi connectivity index (χ1) is 14.0. The normalized spacial score (nSPS) is 10.9. The second-order valence-corrected chi connectivity index (χ2v) is 7.84. The third-order valence-corrected chi connectivity index (χ3v) is 5.67. The number of carbonyl (C=O) groups excluding carboxylic acids is 1. The van der Waals surface area contributed by atoms with Crippen LogP contribution in [0, 0.1) is 19.7 Å². The minimum atomic E-state index is -0.309. The van der Waals surface area contributed by atoms with Gasteiger partial charge in [0.1, 0.15) is 12.4 Å². The highest BCUT2D eigenvalue weighted by Crippen LogP contribution is 2.25. The molecule has 152 valence electrons. The number of aliphatic hydroxyl groups excluding tert-OH is 1. The maximum absolute atomic E-state index is 13.0. The number of nitrogens with zero attached hydrogens (tertiary/aromatic N) is 2. The number of imidazole rings is 1. The van der Waals surface area contributed by atoms with Gasteiger partial charge in [0, 0.05) is 12.3 Å². The molecule has 0 aliphatic heterocycles. The molecular formula is C22H24FN3O2S. The van der Waals surface area contributed by atoms with Crippen molar-refractivity contribution in [2.24, 2.45) is 0 Å². The molecule has 2 N–H and O–H groups in total. The van der Waals surface area contributed by atoms with Gasteiger partial charge < -0.3 is 15.0 Å². The van der Waals surface area contributed by atoms with Crippen molar-refractivity contribution < 1.29 is 14.3 Å². The average molecular weight is 414 g/mol. The van der Waals surface area contributed by atoms with Gasteiger partial charge in [0.05, 0.1) is 18.5 Å². The Kier molecular flexibility index (Phi) is 7.06. The van der Waals surface area contributed by atoms with Crippen LogP contribution in [0.25, 0.3) is 0 Å². The zero-order valence-corrected chi connectivity index (χ0v) is 17.3. The van der Waals surface area contributed by atoms with Crippen LogP contribution >= 0.6 is 11.8 Å². The van der Waals surface area contributed by atoms with Gasteiger partial charge in [-0.2, -0.15) is 0 Å². The minimum Gasteiger partial charge on any atom is -0.390 e.